The van der Waals surface area contributed by atoms with E-state index in [1.807, 2.05) is 11.8 Å². The molecule has 0 amide bonds. The number of aliphatic imine (C=N–C) groups is 1. The van der Waals surface area contributed by atoms with E-state index in [4.69, 9.17) is 4.74 Å². The lowest BCUT2D eigenvalue weighted by Crippen LogP contribution is -2.39. The van der Waals surface area contributed by atoms with Crippen LogP contribution in [0.4, 0.5) is 0 Å². The van der Waals surface area contributed by atoms with Crippen molar-refractivity contribution in [3.63, 3.8) is 0 Å². The first kappa shape index (κ1) is 13.2. The molecule has 0 radical (unpaired) electrons. The van der Waals surface area contributed by atoms with Gasteiger partial charge < -0.3 is 10.1 Å². The highest BCUT2D eigenvalue weighted by atomic mass is 32.2. The van der Waals surface area contributed by atoms with E-state index in [0.29, 0.717) is 11.3 Å². The van der Waals surface area contributed by atoms with Crippen LogP contribution in [-0.4, -0.2) is 36.2 Å². The quantitative estimate of drug-likeness (QED) is 0.839. The van der Waals surface area contributed by atoms with Gasteiger partial charge in [-0.2, -0.15) is 0 Å². The van der Waals surface area contributed by atoms with Crippen LogP contribution >= 0.6 is 11.8 Å². The number of nitrogens with one attached hydrogen (secondary N) is 1. The minimum absolute atomic E-state index is 0.482. The minimum atomic E-state index is 0.482. The summed E-state index contributed by atoms with van der Waals surface area (Å²) in [6, 6.07) is 0.482. The van der Waals surface area contributed by atoms with E-state index < -0.39 is 0 Å². The fraction of sp³-hybridized carbons (Fsp3) is 0.923. The lowest BCUT2D eigenvalue weighted by atomic mass is 9.99. The fourth-order valence-corrected chi connectivity index (χ4v) is 3.96. The zero-order valence-electron chi connectivity index (χ0n) is 10.9. The van der Waals surface area contributed by atoms with Crippen LogP contribution in [0.2, 0.25) is 0 Å². The molecule has 2 unspecified atom stereocenters. The number of thioether (sulfide) groups is 1. The third-order valence-electron chi connectivity index (χ3n) is 3.74. The van der Waals surface area contributed by atoms with Crippen molar-refractivity contribution in [2.45, 2.75) is 50.8 Å². The van der Waals surface area contributed by atoms with Gasteiger partial charge in [-0.15, -0.1) is 0 Å². The Morgan fingerprint density at radius 3 is 2.94 bits per heavy atom. The lowest BCUT2D eigenvalue weighted by molar-refractivity contribution is 0.0767. The number of nitrogens with zero attached hydrogens (tertiary/aromatic N) is 1. The average Bonchev–Trinajstić information content (AvgIpc) is 2.81. The molecule has 2 atom stereocenters. The lowest BCUT2D eigenvalue weighted by Gasteiger charge is -2.24. The van der Waals surface area contributed by atoms with Crippen molar-refractivity contribution in [1.29, 1.82) is 0 Å². The van der Waals surface area contributed by atoms with Gasteiger partial charge in [-0.05, 0) is 18.8 Å². The summed E-state index contributed by atoms with van der Waals surface area (Å²) in [5.41, 5.74) is 0. The molecule has 4 heteroatoms. The first-order valence-electron chi connectivity index (χ1n) is 6.88. The Balaban J connectivity index is 1.76. The van der Waals surface area contributed by atoms with Crippen LogP contribution in [0.1, 0.15) is 39.5 Å². The highest BCUT2D eigenvalue weighted by Gasteiger charge is 2.27. The third-order valence-corrected chi connectivity index (χ3v) is 5.05. The molecule has 2 aliphatic rings. The van der Waals surface area contributed by atoms with E-state index in [-0.39, 0.29) is 0 Å². The monoisotopic (exact) mass is 256 g/mol. The summed E-state index contributed by atoms with van der Waals surface area (Å²) in [7, 11) is 0. The van der Waals surface area contributed by atoms with Crippen molar-refractivity contribution in [3.05, 3.63) is 0 Å². The van der Waals surface area contributed by atoms with Crippen LogP contribution in [0, 0.1) is 5.92 Å². The van der Waals surface area contributed by atoms with Crippen LogP contribution in [0.15, 0.2) is 4.99 Å². The normalized spacial score (nSPS) is 29.5. The molecule has 0 aromatic rings. The van der Waals surface area contributed by atoms with Crippen LogP contribution < -0.4 is 5.32 Å². The summed E-state index contributed by atoms with van der Waals surface area (Å²) >= 11 is 1.94. The molecule has 0 aromatic heterocycles. The molecule has 1 fully saturated rings. The molecule has 0 aliphatic carbocycles. The Morgan fingerprint density at radius 2 is 2.29 bits per heavy atom. The maximum Gasteiger partial charge on any atom is 0.157 e. The highest BCUT2D eigenvalue weighted by Crippen LogP contribution is 2.30. The Hall–Kier alpha value is -0.220. The summed E-state index contributed by atoms with van der Waals surface area (Å²) in [4.78, 5) is 4.64. The summed E-state index contributed by atoms with van der Waals surface area (Å²) in [5.74, 6) is 0.811. The minimum Gasteiger partial charge on any atom is -0.379 e. The number of hydrogen-bond acceptors (Lipinski definition) is 4. The van der Waals surface area contributed by atoms with E-state index >= 15 is 0 Å². The molecular weight excluding hydrogens is 232 g/mol. The molecule has 2 heterocycles. The number of amidine groups is 1. The molecule has 98 valence electrons. The van der Waals surface area contributed by atoms with E-state index in [1.54, 1.807) is 0 Å². The molecule has 0 bridgehead atoms. The van der Waals surface area contributed by atoms with Crippen molar-refractivity contribution >= 4 is 16.9 Å². The Bertz CT molecular complexity index is 260. The van der Waals surface area contributed by atoms with Gasteiger partial charge in [0.15, 0.2) is 5.17 Å². The van der Waals surface area contributed by atoms with Gasteiger partial charge in [0.25, 0.3) is 0 Å². The Kier molecular flexibility index (Phi) is 5.16. The van der Waals surface area contributed by atoms with Gasteiger partial charge in [0.2, 0.25) is 0 Å². The van der Waals surface area contributed by atoms with Crippen molar-refractivity contribution in [2.24, 2.45) is 10.9 Å². The van der Waals surface area contributed by atoms with Crippen LogP contribution in [0.5, 0.6) is 0 Å². The first-order chi connectivity index (χ1) is 8.33. The van der Waals surface area contributed by atoms with Gasteiger partial charge in [0, 0.05) is 11.9 Å². The molecule has 3 nitrogen and oxygen atoms in total. The van der Waals surface area contributed by atoms with Gasteiger partial charge in [-0.1, -0.05) is 38.5 Å². The van der Waals surface area contributed by atoms with Crippen LogP contribution in [0.25, 0.3) is 0 Å². The summed E-state index contributed by atoms with van der Waals surface area (Å²) in [6.45, 7) is 7.33. The van der Waals surface area contributed by atoms with Gasteiger partial charge in [-0.25, -0.2) is 0 Å². The topological polar surface area (TPSA) is 33.6 Å². The standard InChI is InChI=1S/C13H24N2OS/c1-3-10(4-2)12-8-14-13(17-12)15-11-6-5-7-16-9-11/h10-12H,3-9H2,1-2H3,(H,14,15). The molecule has 0 saturated carbocycles. The zero-order valence-corrected chi connectivity index (χ0v) is 11.8. The highest BCUT2D eigenvalue weighted by molar-refractivity contribution is 8.14. The van der Waals surface area contributed by atoms with Crippen molar-refractivity contribution < 1.29 is 4.74 Å². The largest absolute Gasteiger partial charge is 0.379 e. The first-order valence-corrected chi connectivity index (χ1v) is 7.76. The van der Waals surface area contributed by atoms with Gasteiger partial charge in [0.1, 0.15) is 0 Å². The molecule has 0 spiro atoms. The second-order valence-electron chi connectivity index (χ2n) is 4.94. The predicted molar refractivity (Wildman–Crippen MR) is 74.7 cm³/mol. The van der Waals surface area contributed by atoms with E-state index in [1.165, 1.54) is 25.7 Å². The van der Waals surface area contributed by atoms with Crippen molar-refractivity contribution in [3.8, 4) is 0 Å². The van der Waals surface area contributed by atoms with Crippen molar-refractivity contribution in [1.82, 2.24) is 5.32 Å². The SMILES string of the molecule is CCC(CC)C1CN=C(NC2CCCOC2)S1. The molecule has 1 N–H and O–H groups in total. The average molecular weight is 256 g/mol. The Labute approximate surface area is 109 Å². The number of rotatable bonds is 4. The van der Waals surface area contributed by atoms with Crippen LogP contribution in [-0.2, 0) is 4.74 Å². The third kappa shape index (κ3) is 3.62. The summed E-state index contributed by atoms with van der Waals surface area (Å²) < 4.78 is 5.48. The smallest absolute Gasteiger partial charge is 0.157 e. The van der Waals surface area contributed by atoms with Gasteiger partial charge in [0.05, 0.1) is 19.2 Å². The maximum absolute atomic E-state index is 5.48. The maximum atomic E-state index is 5.48. The zero-order chi connectivity index (χ0) is 12.1. The fourth-order valence-electron chi connectivity index (χ4n) is 2.56. The van der Waals surface area contributed by atoms with Crippen molar-refractivity contribution in [2.75, 3.05) is 19.8 Å². The summed E-state index contributed by atoms with van der Waals surface area (Å²) in [6.07, 6.45) is 4.92. The second kappa shape index (κ2) is 6.64. The van der Waals surface area contributed by atoms with E-state index in [0.717, 1.165) is 30.8 Å². The number of ether oxygens (including phenoxy) is 1. The second-order valence-corrected chi connectivity index (χ2v) is 6.17. The molecule has 17 heavy (non-hydrogen) atoms. The van der Waals surface area contributed by atoms with Gasteiger partial charge in [-0.3, -0.25) is 4.99 Å². The number of hydrogen-bond donors (Lipinski definition) is 1. The molecule has 0 aromatic carbocycles. The molecule has 2 aliphatic heterocycles. The van der Waals surface area contributed by atoms with Crippen LogP contribution in [0.3, 0.4) is 0 Å². The Morgan fingerprint density at radius 1 is 1.47 bits per heavy atom. The molecular formula is C13H24N2OS. The summed E-state index contributed by atoms with van der Waals surface area (Å²) in [5, 5.41) is 5.38. The van der Waals surface area contributed by atoms with E-state index in [9.17, 15) is 0 Å². The van der Waals surface area contributed by atoms with E-state index in [2.05, 4.69) is 24.2 Å². The van der Waals surface area contributed by atoms with Gasteiger partial charge >= 0.3 is 0 Å². The molecule has 2 rings (SSSR count). The molecule has 1 saturated heterocycles. The predicted octanol–water partition coefficient (Wildman–Crippen LogP) is 2.66.